The van der Waals surface area contributed by atoms with Gasteiger partial charge >= 0.3 is 0 Å². The van der Waals surface area contributed by atoms with Crippen molar-refractivity contribution in [3.63, 3.8) is 0 Å². The lowest BCUT2D eigenvalue weighted by atomic mass is 9.91. The molecule has 0 unspecified atom stereocenters. The van der Waals surface area contributed by atoms with Gasteiger partial charge < -0.3 is 9.64 Å². The Kier molecular flexibility index (Phi) is 6.53. The molecule has 1 heterocycles. The zero-order valence-corrected chi connectivity index (χ0v) is 27.3. The van der Waals surface area contributed by atoms with Gasteiger partial charge in [-0.25, -0.2) is 0 Å². The smallest absolute Gasteiger partial charge is 0.151 e. The van der Waals surface area contributed by atoms with Crippen molar-refractivity contribution in [1.29, 1.82) is 0 Å². The maximum atomic E-state index is 6.40. The van der Waals surface area contributed by atoms with E-state index in [4.69, 9.17) is 4.74 Å². The van der Waals surface area contributed by atoms with Gasteiger partial charge in [0.15, 0.2) is 11.5 Å². The maximum Gasteiger partial charge on any atom is 0.151 e. The van der Waals surface area contributed by atoms with Crippen LogP contribution in [0.4, 0.5) is 17.1 Å². The zero-order chi connectivity index (χ0) is 33.0. The van der Waals surface area contributed by atoms with Gasteiger partial charge in [0.05, 0.1) is 11.4 Å². The highest BCUT2D eigenvalue weighted by molar-refractivity contribution is 6.25. The van der Waals surface area contributed by atoms with E-state index in [1.54, 1.807) is 0 Å². The normalized spacial score (nSPS) is 12.1. The summed E-state index contributed by atoms with van der Waals surface area (Å²) in [6.45, 7) is 0. The van der Waals surface area contributed by atoms with Crippen LogP contribution in [0.1, 0.15) is 0 Å². The topological polar surface area (TPSA) is 12.5 Å². The average Bonchev–Trinajstić information content (AvgIpc) is 3.20. The molecule has 0 saturated heterocycles. The highest BCUT2D eigenvalue weighted by Crippen LogP contribution is 2.51. The van der Waals surface area contributed by atoms with Crippen molar-refractivity contribution in [3.05, 3.63) is 188 Å². The first-order chi connectivity index (χ1) is 24.8. The van der Waals surface area contributed by atoms with Crippen LogP contribution < -0.4 is 9.64 Å². The number of nitrogens with zero attached hydrogens (tertiary/aromatic N) is 1. The Hall–Kier alpha value is -6.64. The van der Waals surface area contributed by atoms with Gasteiger partial charge in [0.2, 0.25) is 0 Å². The summed E-state index contributed by atoms with van der Waals surface area (Å²) in [5.74, 6) is 1.68. The first-order valence-corrected chi connectivity index (χ1v) is 17.1. The monoisotopic (exact) mass is 637 g/mol. The molecule has 0 aromatic heterocycles. The van der Waals surface area contributed by atoms with Crippen LogP contribution in [0.2, 0.25) is 0 Å². The van der Waals surface area contributed by atoms with Crippen molar-refractivity contribution in [2.45, 2.75) is 0 Å². The predicted molar refractivity (Wildman–Crippen MR) is 210 cm³/mol. The molecule has 0 radical (unpaired) electrons. The molecule has 9 aromatic rings. The Labute approximate surface area is 291 Å². The van der Waals surface area contributed by atoms with E-state index in [0.29, 0.717) is 0 Å². The van der Waals surface area contributed by atoms with Crippen molar-refractivity contribution < 1.29 is 4.74 Å². The molecular formula is C48H31NO. The van der Waals surface area contributed by atoms with E-state index in [-0.39, 0.29) is 0 Å². The van der Waals surface area contributed by atoms with E-state index in [2.05, 4.69) is 169 Å². The quantitative estimate of drug-likeness (QED) is 0.178. The number of hydrogen-bond donors (Lipinski definition) is 0. The predicted octanol–water partition coefficient (Wildman–Crippen LogP) is 13.7. The molecule has 1 aliphatic rings. The number of para-hydroxylation sites is 4. The fourth-order valence-electron chi connectivity index (χ4n) is 7.63. The van der Waals surface area contributed by atoms with Gasteiger partial charge in [-0.1, -0.05) is 140 Å². The lowest BCUT2D eigenvalue weighted by molar-refractivity contribution is 0.477. The molecule has 0 N–H and O–H groups in total. The van der Waals surface area contributed by atoms with Crippen molar-refractivity contribution in [2.75, 3.05) is 4.90 Å². The van der Waals surface area contributed by atoms with Crippen LogP contribution in [0.25, 0.3) is 65.7 Å². The standard InChI is InChI=1S/C48H31NO/c1-2-12-32(13-3-1)33-22-24-34(25-23-33)36-28-37(30-38(29-36)49-45-18-8-10-20-47(45)50-48-21-11-9-19-46(48)49)35-26-27-43-41-16-5-4-14-39(41)40-15-6-7-17-42(40)44(43)31-35/h1-31H. The molecule has 0 bridgehead atoms. The molecule has 2 heteroatoms. The Morgan fingerprint density at radius 3 is 1.30 bits per heavy atom. The molecule has 50 heavy (non-hydrogen) atoms. The number of anilines is 3. The second kappa shape index (κ2) is 11.5. The Bertz CT molecular complexity index is 2650. The molecule has 0 fully saturated rings. The lowest BCUT2D eigenvalue weighted by Gasteiger charge is -2.33. The molecule has 9 aromatic carbocycles. The number of rotatable bonds is 4. The van der Waals surface area contributed by atoms with Gasteiger partial charge in [-0.05, 0) is 114 Å². The SMILES string of the molecule is c1ccc(-c2ccc(-c3cc(-c4ccc5c6ccccc6c6ccccc6c5c4)cc(N4c5ccccc5Oc5ccccc54)c3)cc2)cc1. The summed E-state index contributed by atoms with van der Waals surface area (Å²) in [4.78, 5) is 2.34. The first-order valence-electron chi connectivity index (χ1n) is 17.1. The minimum atomic E-state index is 0.842. The molecule has 1 aliphatic heterocycles. The van der Waals surface area contributed by atoms with Gasteiger partial charge in [-0.15, -0.1) is 0 Å². The highest BCUT2D eigenvalue weighted by atomic mass is 16.5. The largest absolute Gasteiger partial charge is 0.453 e. The second-order valence-electron chi connectivity index (χ2n) is 12.9. The van der Waals surface area contributed by atoms with E-state index < -0.39 is 0 Å². The van der Waals surface area contributed by atoms with Crippen molar-refractivity contribution in [3.8, 4) is 44.9 Å². The molecule has 0 atom stereocenters. The minimum Gasteiger partial charge on any atom is -0.453 e. The van der Waals surface area contributed by atoms with Crippen LogP contribution in [0.3, 0.4) is 0 Å². The van der Waals surface area contributed by atoms with E-state index in [9.17, 15) is 0 Å². The zero-order valence-electron chi connectivity index (χ0n) is 27.3. The maximum absolute atomic E-state index is 6.40. The number of fused-ring (bicyclic) bond motifs is 8. The van der Waals surface area contributed by atoms with Crippen molar-refractivity contribution >= 4 is 49.4 Å². The third-order valence-electron chi connectivity index (χ3n) is 10.0. The van der Waals surface area contributed by atoms with E-state index in [1.807, 2.05) is 24.3 Å². The van der Waals surface area contributed by atoms with Crippen molar-refractivity contribution in [2.24, 2.45) is 0 Å². The van der Waals surface area contributed by atoms with E-state index in [0.717, 1.165) is 39.7 Å². The number of benzene rings is 9. The summed E-state index contributed by atoms with van der Waals surface area (Å²) >= 11 is 0. The van der Waals surface area contributed by atoms with E-state index in [1.165, 1.54) is 54.6 Å². The molecule has 234 valence electrons. The van der Waals surface area contributed by atoms with Gasteiger partial charge in [0, 0.05) is 5.69 Å². The lowest BCUT2D eigenvalue weighted by Crippen LogP contribution is -2.15. The molecule has 0 amide bonds. The fourth-order valence-corrected chi connectivity index (χ4v) is 7.63. The van der Waals surface area contributed by atoms with Crippen molar-refractivity contribution in [1.82, 2.24) is 0 Å². The Morgan fingerprint density at radius 2 is 0.700 bits per heavy atom. The third-order valence-corrected chi connectivity index (χ3v) is 10.0. The van der Waals surface area contributed by atoms with Crippen LogP contribution >= 0.6 is 0 Å². The first kappa shape index (κ1) is 28.4. The summed E-state index contributed by atoms with van der Waals surface area (Å²) in [5, 5.41) is 7.65. The summed E-state index contributed by atoms with van der Waals surface area (Å²) in [6.07, 6.45) is 0. The van der Waals surface area contributed by atoms with Gasteiger partial charge in [-0.2, -0.15) is 0 Å². The Balaban J connectivity index is 1.20. The second-order valence-corrected chi connectivity index (χ2v) is 12.9. The average molecular weight is 638 g/mol. The summed E-state index contributed by atoms with van der Waals surface area (Å²) in [7, 11) is 0. The highest BCUT2D eigenvalue weighted by Gasteiger charge is 2.26. The van der Waals surface area contributed by atoms with Crippen LogP contribution in [0, 0.1) is 0 Å². The van der Waals surface area contributed by atoms with E-state index >= 15 is 0 Å². The third kappa shape index (κ3) is 4.65. The summed E-state index contributed by atoms with van der Waals surface area (Å²) in [6, 6.07) is 67.6. The number of hydrogen-bond acceptors (Lipinski definition) is 2. The van der Waals surface area contributed by atoms with Crippen LogP contribution in [-0.2, 0) is 0 Å². The summed E-state index contributed by atoms with van der Waals surface area (Å²) in [5.41, 5.74) is 10.2. The van der Waals surface area contributed by atoms with Gasteiger partial charge in [0.1, 0.15) is 0 Å². The molecule has 2 nitrogen and oxygen atoms in total. The molecule has 0 spiro atoms. The fraction of sp³-hybridized carbons (Fsp3) is 0. The molecule has 10 rings (SSSR count). The van der Waals surface area contributed by atoms with Crippen LogP contribution in [-0.4, -0.2) is 0 Å². The minimum absolute atomic E-state index is 0.842. The molecular weight excluding hydrogens is 607 g/mol. The Morgan fingerprint density at radius 1 is 0.280 bits per heavy atom. The van der Waals surface area contributed by atoms with Crippen LogP contribution in [0.15, 0.2) is 188 Å². The molecule has 0 aliphatic carbocycles. The van der Waals surface area contributed by atoms with Crippen LogP contribution in [0.5, 0.6) is 11.5 Å². The van der Waals surface area contributed by atoms with Gasteiger partial charge in [-0.3, -0.25) is 0 Å². The summed E-state index contributed by atoms with van der Waals surface area (Å²) < 4.78 is 6.40. The van der Waals surface area contributed by atoms with Gasteiger partial charge in [0.25, 0.3) is 0 Å². The molecule has 0 saturated carbocycles. The number of ether oxygens (including phenoxy) is 1.